The van der Waals surface area contributed by atoms with E-state index in [0.717, 1.165) is 35.9 Å². The number of nitrogens with one attached hydrogen (secondary N) is 2. The summed E-state index contributed by atoms with van der Waals surface area (Å²) in [5, 5.41) is 6.62. The third-order valence-electron chi connectivity index (χ3n) is 3.37. The molecule has 5 heteroatoms. The summed E-state index contributed by atoms with van der Waals surface area (Å²) in [6.07, 6.45) is 3.59. The molecule has 0 saturated carbocycles. The van der Waals surface area contributed by atoms with E-state index in [2.05, 4.69) is 27.5 Å². The van der Waals surface area contributed by atoms with Gasteiger partial charge in [-0.25, -0.2) is 4.98 Å². The Bertz CT molecular complexity index is 616. The number of aromatic nitrogens is 2. The highest BCUT2D eigenvalue weighted by Gasteiger charge is 2.06. The molecule has 23 heavy (non-hydrogen) atoms. The Morgan fingerprint density at radius 1 is 1.09 bits per heavy atom. The summed E-state index contributed by atoms with van der Waals surface area (Å²) < 4.78 is 5.63. The number of unbranched alkanes of at least 4 members (excludes halogenated alkanes) is 2. The summed E-state index contributed by atoms with van der Waals surface area (Å²) in [5.74, 6) is 2.23. The van der Waals surface area contributed by atoms with Crippen molar-refractivity contribution >= 4 is 17.5 Å². The lowest BCUT2D eigenvalue weighted by atomic mass is 10.2. The SMILES string of the molecule is CCCCCNc1cc(C)nc(Nc2ccccc2OCC)n1. The number of hydrogen-bond acceptors (Lipinski definition) is 5. The minimum atomic E-state index is 0.579. The van der Waals surface area contributed by atoms with Crippen molar-refractivity contribution in [1.29, 1.82) is 0 Å². The van der Waals surface area contributed by atoms with Gasteiger partial charge in [0.15, 0.2) is 0 Å². The molecule has 0 saturated heterocycles. The van der Waals surface area contributed by atoms with E-state index in [1.54, 1.807) is 0 Å². The first-order valence-corrected chi connectivity index (χ1v) is 8.31. The van der Waals surface area contributed by atoms with Crippen molar-refractivity contribution in [3.63, 3.8) is 0 Å². The molecular formula is C18H26N4O. The Morgan fingerprint density at radius 2 is 1.91 bits per heavy atom. The largest absolute Gasteiger partial charge is 0.492 e. The molecule has 1 heterocycles. The van der Waals surface area contributed by atoms with Crippen LogP contribution in [0, 0.1) is 6.92 Å². The maximum atomic E-state index is 5.63. The van der Waals surface area contributed by atoms with Crippen molar-refractivity contribution in [1.82, 2.24) is 9.97 Å². The lowest BCUT2D eigenvalue weighted by molar-refractivity contribution is 0.342. The van der Waals surface area contributed by atoms with Crippen LogP contribution in [-0.4, -0.2) is 23.1 Å². The van der Waals surface area contributed by atoms with Crippen LogP contribution >= 0.6 is 0 Å². The minimum absolute atomic E-state index is 0.579. The number of aryl methyl sites for hydroxylation is 1. The van der Waals surface area contributed by atoms with Crippen molar-refractivity contribution < 1.29 is 4.74 Å². The number of nitrogens with zero attached hydrogens (tertiary/aromatic N) is 2. The van der Waals surface area contributed by atoms with Crippen molar-refractivity contribution in [2.75, 3.05) is 23.8 Å². The van der Waals surface area contributed by atoms with Crippen LogP contribution in [0.25, 0.3) is 0 Å². The van der Waals surface area contributed by atoms with Gasteiger partial charge in [0.05, 0.1) is 12.3 Å². The van der Waals surface area contributed by atoms with E-state index in [4.69, 9.17) is 4.74 Å². The van der Waals surface area contributed by atoms with Crippen LogP contribution in [0.2, 0.25) is 0 Å². The first kappa shape index (κ1) is 17.1. The van der Waals surface area contributed by atoms with Crippen LogP contribution in [0.1, 0.15) is 38.8 Å². The quantitative estimate of drug-likeness (QED) is 0.666. The zero-order valence-corrected chi connectivity index (χ0v) is 14.2. The van der Waals surface area contributed by atoms with Crippen LogP contribution in [-0.2, 0) is 0 Å². The number of benzene rings is 1. The average molecular weight is 314 g/mol. The second kappa shape index (κ2) is 8.98. The van der Waals surface area contributed by atoms with Gasteiger partial charge < -0.3 is 15.4 Å². The summed E-state index contributed by atoms with van der Waals surface area (Å²) in [5.41, 5.74) is 1.80. The Balaban J connectivity index is 2.09. The predicted molar refractivity (Wildman–Crippen MR) is 95.7 cm³/mol. The Kier molecular flexibility index (Phi) is 6.66. The van der Waals surface area contributed by atoms with E-state index in [-0.39, 0.29) is 0 Å². The van der Waals surface area contributed by atoms with E-state index in [9.17, 15) is 0 Å². The normalized spacial score (nSPS) is 10.4. The summed E-state index contributed by atoms with van der Waals surface area (Å²) in [7, 11) is 0. The molecule has 2 aromatic rings. The highest BCUT2D eigenvalue weighted by Crippen LogP contribution is 2.26. The van der Waals surface area contributed by atoms with Crippen LogP contribution in [0.3, 0.4) is 0 Å². The maximum absolute atomic E-state index is 5.63. The molecule has 0 unspecified atom stereocenters. The third kappa shape index (κ3) is 5.43. The number of hydrogen-bond donors (Lipinski definition) is 2. The fourth-order valence-electron chi connectivity index (χ4n) is 2.28. The van der Waals surface area contributed by atoms with Gasteiger partial charge in [-0.05, 0) is 32.4 Å². The summed E-state index contributed by atoms with van der Waals surface area (Å²) >= 11 is 0. The average Bonchev–Trinajstić information content (AvgIpc) is 2.53. The molecule has 0 fully saturated rings. The first-order valence-electron chi connectivity index (χ1n) is 8.31. The van der Waals surface area contributed by atoms with Crippen molar-refractivity contribution in [2.45, 2.75) is 40.0 Å². The molecule has 124 valence electrons. The standard InChI is InChI=1S/C18H26N4O/c1-4-6-9-12-19-17-13-14(3)20-18(22-17)21-15-10-7-8-11-16(15)23-5-2/h7-8,10-11,13H,4-6,9,12H2,1-3H3,(H2,19,20,21,22). The van der Waals surface area contributed by atoms with Crippen LogP contribution in [0.15, 0.2) is 30.3 Å². The van der Waals surface area contributed by atoms with Gasteiger partial charge >= 0.3 is 0 Å². The van der Waals surface area contributed by atoms with Gasteiger partial charge in [0.25, 0.3) is 0 Å². The van der Waals surface area contributed by atoms with Crippen molar-refractivity contribution in [3.05, 3.63) is 36.0 Å². The first-order chi connectivity index (χ1) is 11.2. The van der Waals surface area contributed by atoms with Crippen LogP contribution in [0.5, 0.6) is 5.75 Å². The summed E-state index contributed by atoms with van der Waals surface area (Å²) in [4.78, 5) is 9.00. The van der Waals surface area contributed by atoms with Crippen LogP contribution < -0.4 is 15.4 Å². The topological polar surface area (TPSA) is 59.1 Å². The van der Waals surface area contributed by atoms with Gasteiger partial charge in [-0.3, -0.25) is 0 Å². The van der Waals surface area contributed by atoms with Gasteiger partial charge in [0.2, 0.25) is 5.95 Å². The maximum Gasteiger partial charge on any atom is 0.229 e. The lowest BCUT2D eigenvalue weighted by Crippen LogP contribution is -2.07. The Hall–Kier alpha value is -2.30. The van der Waals surface area contributed by atoms with E-state index < -0.39 is 0 Å². The van der Waals surface area contributed by atoms with E-state index in [1.807, 2.05) is 44.2 Å². The number of rotatable bonds is 9. The molecule has 0 aliphatic rings. The van der Waals surface area contributed by atoms with E-state index in [0.29, 0.717) is 12.6 Å². The molecule has 2 rings (SSSR count). The summed E-state index contributed by atoms with van der Waals surface area (Å²) in [6.45, 7) is 7.69. The highest BCUT2D eigenvalue weighted by atomic mass is 16.5. The number of anilines is 3. The van der Waals surface area contributed by atoms with Gasteiger partial charge in [-0.15, -0.1) is 0 Å². The molecule has 1 aromatic heterocycles. The molecule has 0 atom stereocenters. The fourth-order valence-corrected chi connectivity index (χ4v) is 2.28. The molecule has 0 spiro atoms. The number of para-hydroxylation sites is 2. The molecule has 0 aliphatic carbocycles. The lowest BCUT2D eigenvalue weighted by Gasteiger charge is -2.13. The molecule has 1 aromatic carbocycles. The van der Waals surface area contributed by atoms with Crippen LogP contribution in [0.4, 0.5) is 17.5 Å². The second-order valence-electron chi connectivity index (χ2n) is 5.41. The second-order valence-corrected chi connectivity index (χ2v) is 5.41. The minimum Gasteiger partial charge on any atom is -0.492 e. The fraction of sp³-hybridized carbons (Fsp3) is 0.444. The predicted octanol–water partition coefficient (Wildman–Crippen LogP) is 4.53. The third-order valence-corrected chi connectivity index (χ3v) is 3.37. The highest BCUT2D eigenvalue weighted by molar-refractivity contribution is 5.63. The zero-order chi connectivity index (χ0) is 16.5. The smallest absolute Gasteiger partial charge is 0.229 e. The van der Waals surface area contributed by atoms with E-state index in [1.165, 1.54) is 12.8 Å². The molecular weight excluding hydrogens is 288 g/mol. The molecule has 0 aliphatic heterocycles. The zero-order valence-electron chi connectivity index (χ0n) is 14.2. The van der Waals surface area contributed by atoms with Gasteiger partial charge in [-0.1, -0.05) is 31.9 Å². The molecule has 0 amide bonds. The monoisotopic (exact) mass is 314 g/mol. The molecule has 5 nitrogen and oxygen atoms in total. The van der Waals surface area contributed by atoms with Crippen molar-refractivity contribution in [3.8, 4) is 5.75 Å². The van der Waals surface area contributed by atoms with Gasteiger partial charge in [-0.2, -0.15) is 4.98 Å². The molecule has 0 bridgehead atoms. The van der Waals surface area contributed by atoms with E-state index >= 15 is 0 Å². The summed E-state index contributed by atoms with van der Waals surface area (Å²) in [6, 6.07) is 9.78. The van der Waals surface area contributed by atoms with Gasteiger partial charge in [0.1, 0.15) is 11.6 Å². The molecule has 0 radical (unpaired) electrons. The van der Waals surface area contributed by atoms with Gasteiger partial charge in [0, 0.05) is 18.3 Å². The van der Waals surface area contributed by atoms with Crippen molar-refractivity contribution in [2.24, 2.45) is 0 Å². The number of ether oxygens (including phenoxy) is 1. The molecule has 2 N–H and O–H groups in total. The Labute approximate surface area is 138 Å². The Morgan fingerprint density at radius 3 is 2.70 bits per heavy atom.